The number of aliphatic hydroxyl groups excluding tert-OH is 1. The topological polar surface area (TPSA) is 97.2 Å². The number of carboxylic acid groups (broad SMARTS) is 1. The van der Waals surface area contributed by atoms with Crippen molar-refractivity contribution in [3.8, 4) is 0 Å². The van der Waals surface area contributed by atoms with Crippen molar-refractivity contribution in [3.05, 3.63) is 5.21 Å². The van der Waals surface area contributed by atoms with Crippen molar-refractivity contribution in [2.24, 2.45) is 0 Å². The number of quaternary nitrogens is 1. The van der Waals surface area contributed by atoms with Crippen molar-refractivity contribution < 1.29 is 20.5 Å². The van der Waals surface area contributed by atoms with Crippen LogP contribution in [0.5, 0.6) is 0 Å². The normalized spacial score (nSPS) is 13.2. The highest BCUT2D eigenvalue weighted by Crippen LogP contribution is 1.69. The summed E-state index contributed by atoms with van der Waals surface area (Å²) >= 11 is 0. The molecule has 0 aromatic carbocycles. The molecular weight excluding hydrogens is 114 g/mol. The minimum atomic E-state index is -1.29. The average Bonchev–Trinajstić information content (AvgIpc) is 1.69. The van der Waals surface area contributed by atoms with Gasteiger partial charge < -0.3 is 20.9 Å². The highest BCUT2D eigenvalue weighted by Gasteiger charge is 2.14. The molecule has 1 atom stereocenters. The summed E-state index contributed by atoms with van der Waals surface area (Å²) < 4.78 is 0. The van der Waals surface area contributed by atoms with Gasteiger partial charge in [-0.25, -0.2) is 4.79 Å². The van der Waals surface area contributed by atoms with Gasteiger partial charge in [0.25, 0.3) is 0 Å². The van der Waals surface area contributed by atoms with Gasteiger partial charge in [0.15, 0.2) is 0 Å². The third kappa shape index (κ3) is 1.87. The SMILES string of the molecule is O=C(O)[C@H](CO)[NH2+][O-]. The summed E-state index contributed by atoms with van der Waals surface area (Å²) in [6.07, 6.45) is 0. The predicted octanol–water partition coefficient (Wildman–Crippen LogP) is -2.51. The maximum Gasteiger partial charge on any atom is 0.365 e. The van der Waals surface area contributed by atoms with Crippen molar-refractivity contribution in [3.63, 3.8) is 0 Å². The molecule has 0 radical (unpaired) electrons. The van der Waals surface area contributed by atoms with Crippen LogP contribution in [0.1, 0.15) is 0 Å². The molecular formula is C3H7NO4. The Morgan fingerprint density at radius 1 is 1.88 bits per heavy atom. The molecule has 0 aliphatic carbocycles. The van der Waals surface area contributed by atoms with Gasteiger partial charge >= 0.3 is 5.97 Å². The molecule has 0 aromatic rings. The van der Waals surface area contributed by atoms with Crippen molar-refractivity contribution in [2.75, 3.05) is 6.61 Å². The number of hydrogen-bond donors (Lipinski definition) is 3. The monoisotopic (exact) mass is 121 g/mol. The quantitative estimate of drug-likeness (QED) is 0.359. The van der Waals surface area contributed by atoms with Gasteiger partial charge in [-0.1, -0.05) is 0 Å². The number of nitrogens with two attached hydrogens (primary N) is 1. The molecule has 0 aliphatic rings. The second kappa shape index (κ2) is 3.36. The number of aliphatic carboxylic acids is 1. The molecule has 0 bridgehead atoms. The van der Waals surface area contributed by atoms with E-state index >= 15 is 0 Å². The van der Waals surface area contributed by atoms with Gasteiger partial charge in [-0.2, -0.15) is 0 Å². The molecule has 0 saturated carbocycles. The summed E-state index contributed by atoms with van der Waals surface area (Å²) in [4.78, 5) is 9.77. The zero-order valence-corrected chi connectivity index (χ0v) is 4.07. The number of aliphatic hydroxyl groups is 1. The van der Waals surface area contributed by atoms with Crippen LogP contribution in [0.4, 0.5) is 0 Å². The molecule has 0 aliphatic heterocycles. The lowest BCUT2D eigenvalue weighted by Gasteiger charge is -2.07. The van der Waals surface area contributed by atoms with Crippen LogP contribution in [0.25, 0.3) is 0 Å². The molecule has 4 N–H and O–H groups in total. The van der Waals surface area contributed by atoms with E-state index < -0.39 is 18.6 Å². The van der Waals surface area contributed by atoms with Crippen molar-refractivity contribution in [2.45, 2.75) is 6.04 Å². The minimum absolute atomic E-state index is 0.197. The molecule has 48 valence electrons. The third-order valence-electron chi connectivity index (χ3n) is 0.678. The van der Waals surface area contributed by atoms with Gasteiger partial charge in [-0.3, -0.25) is 0 Å². The van der Waals surface area contributed by atoms with Gasteiger partial charge in [0.05, 0.1) is 0 Å². The molecule has 0 amide bonds. The zero-order valence-electron chi connectivity index (χ0n) is 4.07. The molecule has 0 heterocycles. The number of carboxylic acids is 1. The largest absolute Gasteiger partial charge is 0.635 e. The Kier molecular flexibility index (Phi) is 3.09. The Morgan fingerprint density at radius 2 is 2.38 bits per heavy atom. The zero-order chi connectivity index (χ0) is 6.57. The fraction of sp³-hybridized carbons (Fsp3) is 0.667. The summed E-state index contributed by atoms with van der Waals surface area (Å²) in [7, 11) is 0. The lowest BCUT2D eigenvalue weighted by molar-refractivity contribution is -0.617. The van der Waals surface area contributed by atoms with E-state index in [0.717, 1.165) is 0 Å². The Hall–Kier alpha value is -0.650. The highest BCUT2D eigenvalue weighted by molar-refractivity contribution is 5.71. The van der Waals surface area contributed by atoms with Gasteiger partial charge in [-0.05, 0) is 0 Å². The Morgan fingerprint density at radius 3 is 2.38 bits per heavy atom. The Bertz CT molecular complexity index is 79.4. The minimum Gasteiger partial charge on any atom is -0.635 e. The molecule has 0 unspecified atom stereocenters. The number of hydrogen-bond acceptors (Lipinski definition) is 3. The van der Waals surface area contributed by atoms with Gasteiger partial charge in [0, 0.05) is 0 Å². The van der Waals surface area contributed by atoms with Crippen LogP contribution in [-0.4, -0.2) is 28.8 Å². The summed E-state index contributed by atoms with van der Waals surface area (Å²) in [6, 6.07) is -1.25. The van der Waals surface area contributed by atoms with E-state index in [9.17, 15) is 10.0 Å². The van der Waals surface area contributed by atoms with E-state index in [1.54, 1.807) is 0 Å². The lowest BCUT2D eigenvalue weighted by Crippen LogP contribution is -2.87. The van der Waals surface area contributed by atoms with Crippen LogP contribution in [0.2, 0.25) is 0 Å². The Balaban J connectivity index is 3.52. The third-order valence-corrected chi connectivity index (χ3v) is 0.678. The first kappa shape index (κ1) is 7.35. The van der Waals surface area contributed by atoms with E-state index in [4.69, 9.17) is 10.2 Å². The fourth-order valence-electron chi connectivity index (χ4n) is 0.179. The Labute approximate surface area is 45.5 Å². The second-order valence-corrected chi connectivity index (χ2v) is 1.26. The maximum absolute atomic E-state index is 9.77. The van der Waals surface area contributed by atoms with E-state index in [0.29, 0.717) is 0 Å². The first-order chi connectivity index (χ1) is 3.72. The molecule has 5 nitrogen and oxygen atoms in total. The fourth-order valence-corrected chi connectivity index (χ4v) is 0.179. The van der Waals surface area contributed by atoms with Crippen LogP contribution in [0.15, 0.2) is 0 Å². The second-order valence-electron chi connectivity index (χ2n) is 1.26. The summed E-state index contributed by atoms with van der Waals surface area (Å²) in [5.41, 5.74) is 0.197. The van der Waals surface area contributed by atoms with Crippen molar-refractivity contribution >= 4 is 5.97 Å². The molecule has 5 heteroatoms. The van der Waals surface area contributed by atoms with Crippen molar-refractivity contribution in [1.29, 1.82) is 0 Å². The summed E-state index contributed by atoms with van der Waals surface area (Å²) in [5, 5.41) is 25.7. The van der Waals surface area contributed by atoms with Gasteiger partial charge in [0.2, 0.25) is 6.04 Å². The van der Waals surface area contributed by atoms with Crippen LogP contribution in [-0.2, 0) is 4.79 Å². The van der Waals surface area contributed by atoms with Crippen LogP contribution < -0.4 is 5.48 Å². The van der Waals surface area contributed by atoms with Crippen LogP contribution >= 0.6 is 0 Å². The lowest BCUT2D eigenvalue weighted by atomic mass is 10.3. The number of carbonyl (C=O) groups is 1. The summed E-state index contributed by atoms with van der Waals surface area (Å²) in [6.45, 7) is -0.626. The molecule has 0 aromatic heterocycles. The smallest absolute Gasteiger partial charge is 0.365 e. The molecule has 0 fully saturated rings. The van der Waals surface area contributed by atoms with Gasteiger partial charge in [0.1, 0.15) is 6.61 Å². The van der Waals surface area contributed by atoms with E-state index in [-0.39, 0.29) is 5.48 Å². The first-order valence-corrected chi connectivity index (χ1v) is 2.01. The molecule has 8 heavy (non-hydrogen) atoms. The number of hydroxylamine groups is 1. The molecule has 0 rings (SSSR count). The predicted molar refractivity (Wildman–Crippen MR) is 23.8 cm³/mol. The first-order valence-electron chi connectivity index (χ1n) is 2.01. The molecule has 0 spiro atoms. The summed E-state index contributed by atoms with van der Waals surface area (Å²) in [5.74, 6) is -1.29. The van der Waals surface area contributed by atoms with Crippen LogP contribution in [0.3, 0.4) is 0 Å². The molecule has 0 saturated heterocycles. The van der Waals surface area contributed by atoms with Crippen molar-refractivity contribution in [1.82, 2.24) is 0 Å². The van der Waals surface area contributed by atoms with E-state index in [2.05, 4.69) is 0 Å². The van der Waals surface area contributed by atoms with Gasteiger partial charge in [-0.15, -0.1) is 0 Å². The number of rotatable bonds is 3. The highest BCUT2D eigenvalue weighted by atomic mass is 16.5. The average molecular weight is 121 g/mol. The van der Waals surface area contributed by atoms with E-state index in [1.165, 1.54) is 0 Å². The maximum atomic E-state index is 9.77. The van der Waals surface area contributed by atoms with E-state index in [1.807, 2.05) is 0 Å². The standard InChI is InChI=1S/C3H7NO4/c5-1-2(4-8)3(6)7/h2,5H,1,4H2,(H,6,7)/t2-/m0/s1. The van der Waals surface area contributed by atoms with Crippen LogP contribution in [0, 0.1) is 5.21 Å².